The minimum Gasteiger partial charge on any atom is -0.486 e. The molecule has 0 spiro atoms. The quantitative estimate of drug-likeness (QED) is 0.470. The van der Waals surface area contributed by atoms with Gasteiger partial charge in [-0.1, -0.05) is 18.2 Å². The first-order valence-corrected chi connectivity index (χ1v) is 10.7. The fourth-order valence-electron chi connectivity index (χ4n) is 2.63. The van der Waals surface area contributed by atoms with Crippen molar-refractivity contribution in [2.75, 3.05) is 6.54 Å². The summed E-state index contributed by atoms with van der Waals surface area (Å²) in [4.78, 5) is 25.7. The van der Waals surface area contributed by atoms with Gasteiger partial charge in [-0.2, -0.15) is 5.26 Å². The van der Waals surface area contributed by atoms with E-state index in [0.29, 0.717) is 31.7 Å². The summed E-state index contributed by atoms with van der Waals surface area (Å²) in [6.07, 6.45) is 1.69. The third-order valence-electron chi connectivity index (χ3n) is 4.02. The largest absolute Gasteiger partial charge is 0.486 e. The van der Waals surface area contributed by atoms with E-state index in [1.54, 1.807) is 19.1 Å². The van der Waals surface area contributed by atoms with E-state index in [-0.39, 0.29) is 17.8 Å². The summed E-state index contributed by atoms with van der Waals surface area (Å²) in [7, 11) is 0. The predicted molar refractivity (Wildman–Crippen MR) is 116 cm³/mol. The Hall–Kier alpha value is -2.08. The summed E-state index contributed by atoms with van der Waals surface area (Å²) in [5.74, 6) is 0.310. The fraction of sp³-hybridized carbons (Fsp3) is 0.150. The Balaban J connectivity index is 1.82. The molecule has 1 aliphatic heterocycles. The summed E-state index contributed by atoms with van der Waals surface area (Å²) < 4.78 is 7.28. The Morgan fingerprint density at radius 3 is 2.50 bits per heavy atom. The van der Waals surface area contributed by atoms with Crippen LogP contribution in [0.1, 0.15) is 23.6 Å². The van der Waals surface area contributed by atoms with Gasteiger partial charge in [-0.3, -0.25) is 14.5 Å². The Kier molecular flexibility index (Phi) is 6.60. The Labute approximate surface area is 183 Å². The lowest BCUT2D eigenvalue weighted by Gasteiger charge is -2.12. The fourth-order valence-corrected chi connectivity index (χ4v) is 4.98. The molecule has 2 amide bonds. The van der Waals surface area contributed by atoms with E-state index in [1.807, 2.05) is 30.3 Å². The molecule has 0 bridgehead atoms. The summed E-state index contributed by atoms with van der Waals surface area (Å²) in [6.45, 7) is 2.37. The van der Waals surface area contributed by atoms with Crippen LogP contribution in [-0.4, -0.2) is 22.6 Å². The van der Waals surface area contributed by atoms with Crippen molar-refractivity contribution >= 4 is 60.8 Å². The zero-order chi connectivity index (χ0) is 20.3. The molecule has 1 saturated heterocycles. The van der Waals surface area contributed by atoms with Crippen LogP contribution in [0.25, 0.3) is 6.08 Å². The number of ether oxygens (including phenoxy) is 1. The van der Waals surface area contributed by atoms with Gasteiger partial charge in [0, 0.05) is 12.1 Å². The number of likely N-dealkylation sites (N-methyl/N-ethyl adjacent to an activating group) is 1. The van der Waals surface area contributed by atoms with Gasteiger partial charge in [0.05, 0.1) is 25.5 Å². The summed E-state index contributed by atoms with van der Waals surface area (Å²) >= 11 is 7.92. The molecule has 0 saturated carbocycles. The lowest BCUT2D eigenvalue weighted by atomic mass is 10.1. The van der Waals surface area contributed by atoms with Gasteiger partial charge in [0.2, 0.25) is 0 Å². The minimum absolute atomic E-state index is 0.246. The second-order valence-corrected chi connectivity index (χ2v) is 8.50. The van der Waals surface area contributed by atoms with Gasteiger partial charge in [0.25, 0.3) is 11.1 Å². The molecule has 2 aromatic rings. The summed E-state index contributed by atoms with van der Waals surface area (Å²) in [5.41, 5.74) is 2.12. The number of carbonyl (C=O) groups excluding carboxylic acids is 2. The molecule has 142 valence electrons. The predicted octanol–water partition coefficient (Wildman–Crippen LogP) is 5.72. The SMILES string of the molecule is CCN1C(=O)S/C(=C/c2cc(Br)c(OCc3ccccc3C#N)c(Br)c2)C1=O. The highest BCUT2D eigenvalue weighted by atomic mass is 79.9. The number of hydrogen-bond donors (Lipinski definition) is 0. The van der Waals surface area contributed by atoms with Crippen molar-refractivity contribution in [1.82, 2.24) is 4.90 Å². The number of benzene rings is 2. The molecule has 3 rings (SSSR count). The normalized spacial score (nSPS) is 15.2. The molecular formula is C20H14Br2N2O3S. The Bertz CT molecular complexity index is 1010. The second-order valence-electron chi connectivity index (χ2n) is 5.80. The Morgan fingerprint density at radius 2 is 1.89 bits per heavy atom. The molecule has 1 heterocycles. The van der Waals surface area contributed by atoms with Crippen molar-refractivity contribution in [2.24, 2.45) is 0 Å². The smallest absolute Gasteiger partial charge is 0.293 e. The van der Waals surface area contributed by atoms with Crippen LogP contribution in [0.15, 0.2) is 50.2 Å². The first-order valence-electron chi connectivity index (χ1n) is 8.29. The highest BCUT2D eigenvalue weighted by molar-refractivity contribution is 9.11. The number of nitriles is 1. The maximum absolute atomic E-state index is 12.2. The van der Waals surface area contributed by atoms with Crippen LogP contribution >= 0.6 is 43.6 Å². The molecule has 1 fully saturated rings. The van der Waals surface area contributed by atoms with Crippen molar-refractivity contribution in [2.45, 2.75) is 13.5 Å². The maximum Gasteiger partial charge on any atom is 0.293 e. The third-order valence-corrected chi connectivity index (χ3v) is 6.10. The Morgan fingerprint density at radius 1 is 1.21 bits per heavy atom. The van der Waals surface area contributed by atoms with Crippen LogP contribution in [0, 0.1) is 11.3 Å². The van der Waals surface area contributed by atoms with Crippen LogP contribution in [0.2, 0.25) is 0 Å². The van der Waals surface area contributed by atoms with E-state index in [4.69, 9.17) is 4.74 Å². The number of carbonyl (C=O) groups is 2. The topological polar surface area (TPSA) is 70.4 Å². The number of halogens is 2. The lowest BCUT2D eigenvalue weighted by Crippen LogP contribution is -2.27. The zero-order valence-electron chi connectivity index (χ0n) is 14.7. The third kappa shape index (κ3) is 4.32. The number of thioether (sulfide) groups is 1. The molecule has 0 unspecified atom stereocenters. The molecular weight excluding hydrogens is 508 g/mol. The maximum atomic E-state index is 12.2. The summed E-state index contributed by atoms with van der Waals surface area (Å²) in [5, 5.41) is 8.93. The van der Waals surface area contributed by atoms with Crippen molar-refractivity contribution in [1.29, 1.82) is 5.26 Å². The number of amides is 2. The van der Waals surface area contributed by atoms with Gasteiger partial charge in [-0.25, -0.2) is 0 Å². The van der Waals surface area contributed by atoms with Gasteiger partial charge >= 0.3 is 0 Å². The van der Waals surface area contributed by atoms with Crippen molar-refractivity contribution in [3.05, 3.63) is 66.9 Å². The van der Waals surface area contributed by atoms with E-state index in [1.165, 1.54) is 4.90 Å². The molecule has 0 N–H and O–H groups in total. The minimum atomic E-state index is -0.279. The average molecular weight is 522 g/mol. The van der Waals surface area contributed by atoms with Crippen LogP contribution in [0.3, 0.4) is 0 Å². The zero-order valence-corrected chi connectivity index (χ0v) is 18.7. The molecule has 8 heteroatoms. The average Bonchev–Trinajstić information content (AvgIpc) is 2.94. The van der Waals surface area contributed by atoms with E-state index in [0.717, 1.165) is 22.9 Å². The number of rotatable bonds is 5. The van der Waals surface area contributed by atoms with Crippen molar-refractivity contribution < 1.29 is 14.3 Å². The van der Waals surface area contributed by atoms with Crippen LogP contribution < -0.4 is 4.74 Å². The molecule has 0 radical (unpaired) electrons. The van der Waals surface area contributed by atoms with Gasteiger partial charge < -0.3 is 4.74 Å². The molecule has 5 nitrogen and oxygen atoms in total. The highest BCUT2D eigenvalue weighted by Gasteiger charge is 2.33. The first-order chi connectivity index (χ1) is 13.4. The first kappa shape index (κ1) is 20.6. The molecule has 1 aliphatic rings. The van der Waals surface area contributed by atoms with Crippen LogP contribution in [0.5, 0.6) is 5.75 Å². The molecule has 0 atom stereocenters. The van der Waals surface area contributed by atoms with Crippen molar-refractivity contribution in [3.63, 3.8) is 0 Å². The van der Waals surface area contributed by atoms with Crippen molar-refractivity contribution in [3.8, 4) is 11.8 Å². The van der Waals surface area contributed by atoms with Gasteiger partial charge in [-0.15, -0.1) is 0 Å². The van der Waals surface area contributed by atoms with Crippen LogP contribution in [-0.2, 0) is 11.4 Å². The van der Waals surface area contributed by atoms with E-state index in [2.05, 4.69) is 37.9 Å². The van der Waals surface area contributed by atoms with E-state index < -0.39 is 0 Å². The van der Waals surface area contributed by atoms with Gasteiger partial charge in [-0.05, 0) is 80.4 Å². The highest BCUT2D eigenvalue weighted by Crippen LogP contribution is 2.38. The molecule has 0 aromatic heterocycles. The number of imide groups is 1. The molecule has 2 aromatic carbocycles. The van der Waals surface area contributed by atoms with E-state index >= 15 is 0 Å². The second kappa shape index (κ2) is 8.95. The lowest BCUT2D eigenvalue weighted by molar-refractivity contribution is -0.122. The van der Waals surface area contributed by atoms with E-state index in [9.17, 15) is 14.9 Å². The molecule has 28 heavy (non-hydrogen) atoms. The molecule has 0 aliphatic carbocycles. The monoisotopic (exact) mass is 520 g/mol. The van der Waals surface area contributed by atoms with Crippen LogP contribution in [0.4, 0.5) is 4.79 Å². The standard InChI is InChI=1S/C20H14Br2N2O3S/c1-2-24-19(25)17(28-20(24)26)9-12-7-15(21)18(16(22)8-12)27-11-14-6-4-3-5-13(14)10-23/h3-9H,2,11H2,1H3/b17-9+. The number of hydrogen-bond acceptors (Lipinski definition) is 5. The summed E-state index contributed by atoms with van der Waals surface area (Å²) in [6, 6.07) is 13.0. The van der Waals surface area contributed by atoms with Gasteiger partial charge in [0.15, 0.2) is 0 Å². The number of nitrogens with zero attached hydrogens (tertiary/aromatic N) is 2. The van der Waals surface area contributed by atoms with Gasteiger partial charge in [0.1, 0.15) is 12.4 Å².